The van der Waals surface area contributed by atoms with Gasteiger partial charge in [0, 0.05) is 13.1 Å². The number of nitrogens with one attached hydrogen (secondary N) is 1. The lowest BCUT2D eigenvalue weighted by Gasteiger charge is -2.16. The fourth-order valence-electron chi connectivity index (χ4n) is 2.39. The standard InChI is InChI=1S/C13H19FN2O2S/c1-15-8-12-6-7-16(9-12)19(17,18)10-11-2-4-13(14)5-3-11/h2-5,12,15H,6-10H2,1H3/t12-/m1/s1. The number of hydrogen-bond donors (Lipinski definition) is 1. The average Bonchev–Trinajstić information content (AvgIpc) is 2.82. The molecule has 0 bridgehead atoms. The SMILES string of the molecule is CNC[C@H]1CCN(S(=O)(=O)Cc2ccc(F)cc2)C1. The third kappa shape index (κ3) is 3.75. The first-order valence-corrected chi connectivity index (χ1v) is 7.99. The Balaban J connectivity index is 2.01. The van der Waals surface area contributed by atoms with Crippen LogP contribution >= 0.6 is 0 Å². The zero-order valence-corrected chi connectivity index (χ0v) is 11.8. The van der Waals surface area contributed by atoms with E-state index >= 15 is 0 Å². The maximum absolute atomic E-state index is 12.8. The molecule has 1 aliphatic heterocycles. The molecule has 1 aromatic rings. The van der Waals surface area contributed by atoms with Gasteiger partial charge in [0.1, 0.15) is 5.82 Å². The molecule has 1 atom stereocenters. The van der Waals surface area contributed by atoms with Crippen LogP contribution in [0.2, 0.25) is 0 Å². The molecule has 1 aromatic carbocycles. The molecule has 1 saturated heterocycles. The van der Waals surface area contributed by atoms with E-state index in [1.165, 1.54) is 24.3 Å². The topological polar surface area (TPSA) is 49.4 Å². The third-order valence-electron chi connectivity index (χ3n) is 3.40. The molecule has 0 unspecified atom stereocenters. The van der Waals surface area contributed by atoms with E-state index in [1.54, 1.807) is 4.31 Å². The lowest BCUT2D eigenvalue weighted by molar-refractivity contribution is 0.450. The molecule has 1 N–H and O–H groups in total. The van der Waals surface area contributed by atoms with Crippen molar-refractivity contribution >= 4 is 10.0 Å². The van der Waals surface area contributed by atoms with E-state index in [1.807, 2.05) is 7.05 Å². The van der Waals surface area contributed by atoms with Crippen molar-refractivity contribution in [3.8, 4) is 0 Å². The first kappa shape index (κ1) is 14.4. The van der Waals surface area contributed by atoms with Gasteiger partial charge < -0.3 is 5.32 Å². The molecule has 0 saturated carbocycles. The van der Waals surface area contributed by atoms with Gasteiger partial charge in [-0.15, -0.1) is 0 Å². The molecule has 0 aliphatic carbocycles. The highest BCUT2D eigenvalue weighted by Crippen LogP contribution is 2.21. The summed E-state index contributed by atoms with van der Waals surface area (Å²) in [6.45, 7) is 1.99. The smallest absolute Gasteiger partial charge is 0.218 e. The summed E-state index contributed by atoms with van der Waals surface area (Å²) in [4.78, 5) is 0. The number of benzene rings is 1. The zero-order valence-electron chi connectivity index (χ0n) is 11.0. The molecule has 2 rings (SSSR count). The lowest BCUT2D eigenvalue weighted by atomic mass is 10.1. The van der Waals surface area contributed by atoms with E-state index < -0.39 is 10.0 Å². The number of rotatable bonds is 5. The Kier molecular flexibility index (Phi) is 4.54. The highest BCUT2D eigenvalue weighted by molar-refractivity contribution is 7.88. The second-order valence-electron chi connectivity index (χ2n) is 4.95. The maximum atomic E-state index is 12.8. The molecule has 1 fully saturated rings. The predicted molar refractivity (Wildman–Crippen MR) is 72.6 cm³/mol. The van der Waals surface area contributed by atoms with Crippen molar-refractivity contribution in [1.29, 1.82) is 0 Å². The van der Waals surface area contributed by atoms with Gasteiger partial charge in [-0.25, -0.2) is 17.1 Å². The minimum Gasteiger partial charge on any atom is -0.319 e. The van der Waals surface area contributed by atoms with Crippen LogP contribution in [0.15, 0.2) is 24.3 Å². The van der Waals surface area contributed by atoms with Crippen molar-refractivity contribution in [1.82, 2.24) is 9.62 Å². The molecule has 4 nitrogen and oxygen atoms in total. The van der Waals surface area contributed by atoms with Crippen LogP contribution in [0.3, 0.4) is 0 Å². The maximum Gasteiger partial charge on any atom is 0.218 e. The Morgan fingerprint density at radius 3 is 2.68 bits per heavy atom. The Morgan fingerprint density at radius 2 is 2.05 bits per heavy atom. The molecule has 0 spiro atoms. The van der Waals surface area contributed by atoms with Crippen molar-refractivity contribution in [2.75, 3.05) is 26.7 Å². The molecule has 6 heteroatoms. The Hall–Kier alpha value is -0.980. The molecular weight excluding hydrogens is 267 g/mol. The Bertz CT molecular complexity index is 516. The Labute approximate surface area is 113 Å². The fraction of sp³-hybridized carbons (Fsp3) is 0.538. The van der Waals surface area contributed by atoms with Crippen LogP contribution < -0.4 is 5.32 Å². The van der Waals surface area contributed by atoms with Crippen LogP contribution in [0.4, 0.5) is 4.39 Å². The fourth-order valence-corrected chi connectivity index (χ4v) is 4.01. The zero-order chi connectivity index (χ0) is 13.9. The van der Waals surface area contributed by atoms with Crippen molar-refractivity contribution in [3.05, 3.63) is 35.6 Å². The molecule has 0 amide bonds. The van der Waals surface area contributed by atoms with Gasteiger partial charge in [0.15, 0.2) is 0 Å². The molecule has 106 valence electrons. The van der Waals surface area contributed by atoms with Gasteiger partial charge in [-0.05, 0) is 43.6 Å². The minimum absolute atomic E-state index is 0.0560. The quantitative estimate of drug-likeness (QED) is 0.885. The highest BCUT2D eigenvalue weighted by Gasteiger charge is 2.30. The van der Waals surface area contributed by atoms with Crippen molar-refractivity contribution in [2.24, 2.45) is 5.92 Å². The number of halogens is 1. The largest absolute Gasteiger partial charge is 0.319 e. The summed E-state index contributed by atoms with van der Waals surface area (Å²) >= 11 is 0. The Morgan fingerprint density at radius 1 is 1.37 bits per heavy atom. The van der Waals surface area contributed by atoms with Gasteiger partial charge in [0.25, 0.3) is 0 Å². The van der Waals surface area contributed by atoms with Gasteiger partial charge >= 0.3 is 0 Å². The summed E-state index contributed by atoms with van der Waals surface area (Å²) in [5.74, 6) is -0.0241. The van der Waals surface area contributed by atoms with E-state index in [0.29, 0.717) is 24.6 Å². The summed E-state index contributed by atoms with van der Waals surface area (Å²) in [5, 5.41) is 3.07. The number of sulfonamides is 1. The molecule has 19 heavy (non-hydrogen) atoms. The van der Waals surface area contributed by atoms with Crippen molar-refractivity contribution in [3.63, 3.8) is 0 Å². The van der Waals surface area contributed by atoms with E-state index in [9.17, 15) is 12.8 Å². The van der Waals surface area contributed by atoms with Gasteiger partial charge in [-0.1, -0.05) is 12.1 Å². The van der Waals surface area contributed by atoms with Crippen molar-refractivity contribution in [2.45, 2.75) is 12.2 Å². The van der Waals surface area contributed by atoms with E-state index in [-0.39, 0.29) is 11.6 Å². The highest BCUT2D eigenvalue weighted by atomic mass is 32.2. The summed E-state index contributed by atoms with van der Waals surface area (Å²) in [6, 6.07) is 5.62. The average molecular weight is 286 g/mol. The monoisotopic (exact) mass is 286 g/mol. The number of nitrogens with zero attached hydrogens (tertiary/aromatic N) is 1. The van der Waals surface area contributed by atoms with Crippen LogP contribution in [0.1, 0.15) is 12.0 Å². The minimum atomic E-state index is -3.29. The van der Waals surface area contributed by atoms with E-state index in [2.05, 4.69) is 5.32 Å². The summed E-state index contributed by atoms with van der Waals surface area (Å²) in [5.41, 5.74) is 0.624. The molecule has 1 heterocycles. The number of hydrogen-bond acceptors (Lipinski definition) is 3. The van der Waals surface area contributed by atoms with Gasteiger partial charge in [-0.2, -0.15) is 0 Å². The first-order chi connectivity index (χ1) is 9.01. The molecule has 0 aromatic heterocycles. The van der Waals surface area contributed by atoms with Gasteiger partial charge in [0.2, 0.25) is 10.0 Å². The van der Waals surface area contributed by atoms with Crippen LogP contribution in [0.25, 0.3) is 0 Å². The summed E-state index contributed by atoms with van der Waals surface area (Å²) in [7, 11) is -1.42. The molecular formula is C13H19FN2O2S. The second kappa shape index (κ2) is 5.98. The van der Waals surface area contributed by atoms with Gasteiger partial charge in [0.05, 0.1) is 5.75 Å². The molecule has 1 aliphatic rings. The summed E-state index contributed by atoms with van der Waals surface area (Å²) in [6.07, 6.45) is 0.892. The normalized spacial score (nSPS) is 20.8. The summed E-state index contributed by atoms with van der Waals surface area (Å²) < 4.78 is 38.8. The van der Waals surface area contributed by atoms with E-state index in [4.69, 9.17) is 0 Å². The van der Waals surface area contributed by atoms with Crippen LogP contribution in [-0.4, -0.2) is 39.4 Å². The van der Waals surface area contributed by atoms with Crippen molar-refractivity contribution < 1.29 is 12.8 Å². The van der Waals surface area contributed by atoms with Crippen LogP contribution in [0.5, 0.6) is 0 Å². The lowest BCUT2D eigenvalue weighted by Crippen LogP contribution is -2.31. The third-order valence-corrected chi connectivity index (χ3v) is 5.21. The van der Waals surface area contributed by atoms with Gasteiger partial charge in [-0.3, -0.25) is 0 Å². The van der Waals surface area contributed by atoms with Crippen LogP contribution in [-0.2, 0) is 15.8 Å². The van der Waals surface area contributed by atoms with E-state index in [0.717, 1.165) is 13.0 Å². The van der Waals surface area contributed by atoms with Crippen LogP contribution in [0, 0.1) is 11.7 Å². The molecule has 0 radical (unpaired) electrons. The second-order valence-corrected chi connectivity index (χ2v) is 6.92. The first-order valence-electron chi connectivity index (χ1n) is 6.38. The predicted octanol–water partition coefficient (Wildman–Crippen LogP) is 1.20.